The smallest absolute Gasteiger partial charge is 0.202 e. The van der Waals surface area contributed by atoms with Crippen LogP contribution in [-0.4, -0.2) is 41.4 Å². The molecule has 0 saturated carbocycles. The molecule has 1 aliphatic rings. The van der Waals surface area contributed by atoms with Gasteiger partial charge in [0.2, 0.25) is 5.78 Å². The van der Waals surface area contributed by atoms with Gasteiger partial charge in [0.15, 0.2) is 23.7 Å². The second-order valence-corrected chi connectivity index (χ2v) is 5.27. The number of benzene rings is 2. The number of phenols is 2. The first kappa shape index (κ1) is 15.9. The Morgan fingerprint density at radius 1 is 1.08 bits per heavy atom. The van der Waals surface area contributed by atoms with Crippen LogP contribution in [0.1, 0.15) is 22.0 Å². The molecule has 24 heavy (non-hydrogen) atoms. The minimum absolute atomic E-state index is 0.0811. The summed E-state index contributed by atoms with van der Waals surface area (Å²) in [6.07, 6.45) is -2.66. The van der Waals surface area contributed by atoms with E-state index in [0.29, 0.717) is 11.3 Å². The minimum Gasteiger partial charge on any atom is -0.507 e. The molecule has 0 spiro atoms. The highest BCUT2D eigenvalue weighted by Gasteiger charge is 2.40. The van der Waals surface area contributed by atoms with Gasteiger partial charge in [0, 0.05) is 17.7 Å². The number of fused-ring (bicyclic) bond motifs is 1. The Kier molecular flexibility index (Phi) is 3.94. The number of para-hydroxylation sites is 1. The predicted octanol–water partition coefficient (Wildman–Crippen LogP) is 1.79. The predicted molar refractivity (Wildman–Crippen MR) is 83.0 cm³/mol. The molecule has 0 fully saturated rings. The Morgan fingerprint density at radius 2 is 1.83 bits per heavy atom. The third-order valence-corrected chi connectivity index (χ3v) is 3.88. The van der Waals surface area contributed by atoms with Crippen molar-refractivity contribution >= 4 is 5.78 Å². The molecular weight excluding hydrogens is 316 g/mol. The van der Waals surface area contributed by atoms with Gasteiger partial charge in [-0.25, -0.2) is 0 Å². The molecule has 0 saturated heterocycles. The van der Waals surface area contributed by atoms with Crippen LogP contribution in [0.25, 0.3) is 0 Å². The number of carbonyl (C=O) groups is 1. The Hall–Kier alpha value is -2.93. The molecule has 126 valence electrons. The standard InChI is InChI=1S/C17H16O7/c1-22-8-6-11(19)13-12(7-8)24-17(15(21)14(13)20)9-4-3-5-10(18)16(9)23-2/h3-7,15,17-19,21H,1-2H3. The van der Waals surface area contributed by atoms with Gasteiger partial charge in [-0.05, 0) is 6.07 Å². The summed E-state index contributed by atoms with van der Waals surface area (Å²) >= 11 is 0. The Morgan fingerprint density at radius 3 is 2.50 bits per heavy atom. The lowest BCUT2D eigenvalue weighted by Gasteiger charge is -2.31. The number of ketones is 1. The largest absolute Gasteiger partial charge is 0.507 e. The summed E-state index contributed by atoms with van der Waals surface area (Å²) in [6, 6.07) is 7.25. The number of aliphatic hydroxyl groups excluding tert-OH is 1. The first-order valence-electron chi connectivity index (χ1n) is 7.13. The van der Waals surface area contributed by atoms with E-state index in [-0.39, 0.29) is 28.6 Å². The van der Waals surface area contributed by atoms with Crippen LogP contribution in [-0.2, 0) is 0 Å². The molecule has 0 aromatic heterocycles. The van der Waals surface area contributed by atoms with Gasteiger partial charge in [0.1, 0.15) is 22.8 Å². The van der Waals surface area contributed by atoms with E-state index in [0.717, 1.165) is 0 Å². The Bertz CT molecular complexity index is 800. The molecule has 0 bridgehead atoms. The average Bonchev–Trinajstić information content (AvgIpc) is 2.57. The van der Waals surface area contributed by atoms with Crippen molar-refractivity contribution in [3.05, 3.63) is 41.5 Å². The SMILES string of the molecule is COc1cc(O)c2c(c1)OC(c1cccc(O)c1OC)C(O)C2=O. The monoisotopic (exact) mass is 332 g/mol. The minimum atomic E-state index is -1.56. The topological polar surface area (TPSA) is 105 Å². The fourth-order valence-electron chi connectivity index (χ4n) is 2.74. The number of carbonyl (C=O) groups excluding carboxylic acids is 1. The summed E-state index contributed by atoms with van der Waals surface area (Å²) in [4.78, 5) is 12.5. The molecule has 0 aliphatic carbocycles. The van der Waals surface area contributed by atoms with Crippen molar-refractivity contribution < 1.29 is 34.3 Å². The van der Waals surface area contributed by atoms with E-state index in [1.54, 1.807) is 12.1 Å². The quantitative estimate of drug-likeness (QED) is 0.787. The summed E-state index contributed by atoms with van der Waals surface area (Å²) < 4.78 is 15.9. The summed E-state index contributed by atoms with van der Waals surface area (Å²) in [5.41, 5.74) is 0.199. The van der Waals surface area contributed by atoms with E-state index in [9.17, 15) is 20.1 Å². The van der Waals surface area contributed by atoms with Gasteiger partial charge >= 0.3 is 0 Å². The first-order chi connectivity index (χ1) is 11.5. The number of hydrogen-bond donors (Lipinski definition) is 3. The van der Waals surface area contributed by atoms with Gasteiger partial charge < -0.3 is 29.5 Å². The number of phenolic OH excluding ortho intramolecular Hbond substituents is 2. The van der Waals surface area contributed by atoms with Gasteiger partial charge in [0.25, 0.3) is 0 Å². The first-order valence-corrected chi connectivity index (χ1v) is 7.13. The number of aromatic hydroxyl groups is 2. The van der Waals surface area contributed by atoms with E-state index in [4.69, 9.17) is 14.2 Å². The highest BCUT2D eigenvalue weighted by atomic mass is 16.5. The van der Waals surface area contributed by atoms with Crippen molar-refractivity contribution in [3.63, 3.8) is 0 Å². The van der Waals surface area contributed by atoms with Crippen LogP contribution in [0, 0.1) is 0 Å². The third kappa shape index (κ3) is 2.39. The molecule has 2 aromatic carbocycles. The van der Waals surface area contributed by atoms with Crippen molar-refractivity contribution in [3.8, 4) is 28.7 Å². The molecule has 1 heterocycles. The number of methoxy groups -OCH3 is 2. The molecule has 0 radical (unpaired) electrons. The number of hydrogen-bond acceptors (Lipinski definition) is 7. The molecule has 0 amide bonds. The van der Waals surface area contributed by atoms with Crippen LogP contribution in [0.3, 0.4) is 0 Å². The molecule has 3 rings (SSSR count). The third-order valence-electron chi connectivity index (χ3n) is 3.88. The number of aliphatic hydroxyl groups is 1. The lowest BCUT2D eigenvalue weighted by Crippen LogP contribution is -2.36. The maximum Gasteiger partial charge on any atom is 0.202 e. The normalized spacial score (nSPS) is 19.4. The average molecular weight is 332 g/mol. The maximum atomic E-state index is 12.5. The van der Waals surface area contributed by atoms with Gasteiger partial charge in [-0.1, -0.05) is 12.1 Å². The Labute approximate surface area is 137 Å². The van der Waals surface area contributed by atoms with Crippen molar-refractivity contribution in [2.24, 2.45) is 0 Å². The van der Waals surface area contributed by atoms with Crippen LogP contribution in [0.4, 0.5) is 0 Å². The van der Waals surface area contributed by atoms with Crippen LogP contribution in [0.2, 0.25) is 0 Å². The van der Waals surface area contributed by atoms with E-state index in [2.05, 4.69) is 0 Å². The number of rotatable bonds is 3. The lowest BCUT2D eigenvalue weighted by atomic mass is 9.92. The van der Waals surface area contributed by atoms with Crippen molar-refractivity contribution in [1.82, 2.24) is 0 Å². The zero-order valence-electron chi connectivity index (χ0n) is 13.0. The maximum absolute atomic E-state index is 12.5. The molecule has 2 unspecified atom stereocenters. The van der Waals surface area contributed by atoms with Gasteiger partial charge in [-0.2, -0.15) is 0 Å². The summed E-state index contributed by atoms with van der Waals surface area (Å²) in [5.74, 6) is -0.682. The fourth-order valence-corrected chi connectivity index (χ4v) is 2.74. The highest BCUT2D eigenvalue weighted by molar-refractivity contribution is 6.05. The fraction of sp³-hybridized carbons (Fsp3) is 0.235. The lowest BCUT2D eigenvalue weighted by molar-refractivity contribution is 0.0201. The second kappa shape index (κ2) is 5.93. The molecule has 3 N–H and O–H groups in total. The summed E-state index contributed by atoms with van der Waals surface area (Å²) in [5, 5.41) is 30.2. The van der Waals surface area contributed by atoms with Crippen LogP contribution < -0.4 is 14.2 Å². The van der Waals surface area contributed by atoms with Crippen LogP contribution >= 0.6 is 0 Å². The zero-order valence-corrected chi connectivity index (χ0v) is 13.0. The molecule has 1 aliphatic heterocycles. The van der Waals surface area contributed by atoms with E-state index in [1.807, 2.05) is 0 Å². The van der Waals surface area contributed by atoms with Crippen LogP contribution in [0.15, 0.2) is 30.3 Å². The van der Waals surface area contributed by atoms with Crippen molar-refractivity contribution in [2.75, 3.05) is 14.2 Å². The zero-order chi connectivity index (χ0) is 17.4. The molecule has 7 nitrogen and oxygen atoms in total. The van der Waals surface area contributed by atoms with E-state index in [1.165, 1.54) is 32.4 Å². The number of Topliss-reactive ketones (excluding diaryl/α,β-unsaturated/α-hetero) is 1. The molecule has 7 heteroatoms. The highest BCUT2D eigenvalue weighted by Crippen LogP contribution is 2.45. The van der Waals surface area contributed by atoms with Gasteiger partial charge in [0.05, 0.1) is 14.2 Å². The van der Waals surface area contributed by atoms with Crippen molar-refractivity contribution in [1.29, 1.82) is 0 Å². The molecular formula is C17H16O7. The van der Waals surface area contributed by atoms with Gasteiger partial charge in [-0.3, -0.25) is 4.79 Å². The van der Waals surface area contributed by atoms with E-state index < -0.39 is 18.0 Å². The van der Waals surface area contributed by atoms with E-state index >= 15 is 0 Å². The number of ether oxygens (including phenoxy) is 3. The Balaban J connectivity index is 2.12. The second-order valence-electron chi connectivity index (χ2n) is 5.27. The molecule has 2 aromatic rings. The summed E-state index contributed by atoms with van der Waals surface area (Å²) in [6.45, 7) is 0. The van der Waals surface area contributed by atoms with Crippen LogP contribution in [0.5, 0.6) is 28.7 Å². The van der Waals surface area contributed by atoms with Crippen molar-refractivity contribution in [2.45, 2.75) is 12.2 Å². The summed E-state index contributed by atoms with van der Waals surface area (Å²) in [7, 11) is 2.77. The van der Waals surface area contributed by atoms with Gasteiger partial charge in [-0.15, -0.1) is 0 Å². The molecule has 2 atom stereocenters.